The van der Waals surface area contributed by atoms with Gasteiger partial charge in [-0.1, -0.05) is 17.9 Å². The van der Waals surface area contributed by atoms with E-state index < -0.39 is 17.5 Å². The third kappa shape index (κ3) is 4.13. The summed E-state index contributed by atoms with van der Waals surface area (Å²) in [5.41, 5.74) is 6.36. The van der Waals surface area contributed by atoms with Gasteiger partial charge in [0.05, 0.1) is 6.54 Å². The fourth-order valence-electron chi connectivity index (χ4n) is 1.72. The Morgan fingerprint density at radius 1 is 1.14 bits per heavy atom. The number of nitrogens with two attached hydrogens (primary N) is 1. The van der Waals surface area contributed by atoms with E-state index >= 15 is 0 Å². The van der Waals surface area contributed by atoms with Crippen LogP contribution in [-0.2, 0) is 0 Å². The molecule has 3 nitrogen and oxygen atoms in total. The third-order valence-electron chi connectivity index (χ3n) is 2.58. The van der Waals surface area contributed by atoms with E-state index in [2.05, 4.69) is 17.2 Å². The smallest absolute Gasteiger partial charge is 0.255 e. The van der Waals surface area contributed by atoms with Gasteiger partial charge in [0.15, 0.2) is 0 Å². The second-order valence-electron chi connectivity index (χ2n) is 4.20. The summed E-state index contributed by atoms with van der Waals surface area (Å²) in [7, 11) is 0. The Morgan fingerprint density at radius 3 is 2.52 bits per heavy atom. The Hall–Kier alpha value is -2.71. The Bertz CT molecular complexity index is 712. The largest absolute Gasteiger partial charge is 0.322 e. The lowest BCUT2D eigenvalue weighted by Gasteiger charge is -2.06. The molecule has 0 aliphatic rings. The van der Waals surface area contributed by atoms with Crippen molar-refractivity contribution in [1.29, 1.82) is 0 Å². The van der Waals surface area contributed by atoms with Crippen molar-refractivity contribution in [3.8, 4) is 11.8 Å². The maximum atomic E-state index is 13.1. The van der Waals surface area contributed by atoms with Gasteiger partial charge in [0.2, 0.25) is 0 Å². The molecule has 0 fully saturated rings. The molecule has 0 aliphatic heterocycles. The van der Waals surface area contributed by atoms with Gasteiger partial charge in [-0.05, 0) is 30.3 Å². The summed E-state index contributed by atoms with van der Waals surface area (Å²) in [6, 6.07) is 9.42. The van der Waals surface area contributed by atoms with Gasteiger partial charge < -0.3 is 11.1 Å². The van der Waals surface area contributed by atoms with Gasteiger partial charge in [0.25, 0.3) is 5.91 Å². The number of amides is 1. The van der Waals surface area contributed by atoms with Crippen LogP contribution in [0.1, 0.15) is 15.9 Å². The highest BCUT2D eigenvalue weighted by Crippen LogP contribution is 2.13. The van der Waals surface area contributed by atoms with Crippen LogP contribution in [-0.4, -0.2) is 12.5 Å². The lowest BCUT2D eigenvalue weighted by Crippen LogP contribution is -2.12. The molecule has 0 saturated carbocycles. The molecule has 0 bridgehead atoms. The topological polar surface area (TPSA) is 55.1 Å². The van der Waals surface area contributed by atoms with Gasteiger partial charge in [-0.2, -0.15) is 0 Å². The van der Waals surface area contributed by atoms with Crippen molar-refractivity contribution in [1.82, 2.24) is 0 Å². The van der Waals surface area contributed by atoms with Crippen molar-refractivity contribution in [3.63, 3.8) is 0 Å². The molecular formula is C16H12F2N2O. The first-order chi connectivity index (χ1) is 10.1. The minimum absolute atomic E-state index is 0.0917. The number of carbonyl (C=O) groups excluding carboxylic acids is 1. The molecule has 3 N–H and O–H groups in total. The van der Waals surface area contributed by atoms with E-state index in [-0.39, 0.29) is 12.1 Å². The lowest BCUT2D eigenvalue weighted by atomic mass is 10.1. The molecule has 2 aromatic rings. The quantitative estimate of drug-likeness (QED) is 0.834. The minimum atomic E-state index is -0.803. The molecule has 2 rings (SSSR count). The molecule has 0 radical (unpaired) electrons. The number of halogens is 2. The number of hydrogen-bond donors (Lipinski definition) is 2. The van der Waals surface area contributed by atoms with E-state index in [0.29, 0.717) is 17.3 Å². The summed E-state index contributed by atoms with van der Waals surface area (Å²) in [4.78, 5) is 11.9. The van der Waals surface area contributed by atoms with E-state index in [0.717, 1.165) is 12.1 Å². The Labute approximate surface area is 120 Å². The summed E-state index contributed by atoms with van der Waals surface area (Å²) in [5.74, 6) is 3.32. The summed E-state index contributed by atoms with van der Waals surface area (Å²) in [6.07, 6.45) is 0. The Morgan fingerprint density at radius 2 is 1.86 bits per heavy atom. The van der Waals surface area contributed by atoms with Crippen LogP contribution in [0.2, 0.25) is 0 Å². The normalized spacial score (nSPS) is 9.67. The lowest BCUT2D eigenvalue weighted by molar-refractivity contribution is 0.102. The summed E-state index contributed by atoms with van der Waals surface area (Å²) in [5, 5.41) is 2.56. The predicted molar refractivity (Wildman–Crippen MR) is 76.7 cm³/mol. The average molecular weight is 286 g/mol. The van der Waals surface area contributed by atoms with Crippen LogP contribution in [0.5, 0.6) is 0 Å². The van der Waals surface area contributed by atoms with Gasteiger partial charge in [-0.3, -0.25) is 4.79 Å². The molecule has 0 aromatic heterocycles. The van der Waals surface area contributed by atoms with Gasteiger partial charge >= 0.3 is 0 Å². The molecule has 0 aliphatic carbocycles. The zero-order valence-corrected chi connectivity index (χ0v) is 11.0. The van der Waals surface area contributed by atoms with Crippen LogP contribution in [0.25, 0.3) is 0 Å². The first-order valence-electron chi connectivity index (χ1n) is 6.15. The van der Waals surface area contributed by atoms with E-state index in [9.17, 15) is 13.6 Å². The molecule has 5 heteroatoms. The number of rotatable bonds is 2. The zero-order chi connectivity index (χ0) is 15.2. The van der Waals surface area contributed by atoms with E-state index in [1.807, 2.05) is 0 Å². The highest BCUT2D eigenvalue weighted by atomic mass is 19.1. The van der Waals surface area contributed by atoms with Crippen molar-refractivity contribution < 1.29 is 13.6 Å². The first kappa shape index (κ1) is 14.7. The molecule has 1 amide bonds. The van der Waals surface area contributed by atoms with Gasteiger partial charge in [-0.25, -0.2) is 8.78 Å². The maximum absolute atomic E-state index is 13.1. The molecule has 0 spiro atoms. The SMILES string of the molecule is NCC#Cc1cccc(NC(=O)c2cc(F)cc(F)c2)c1. The van der Waals surface area contributed by atoms with Crippen molar-refractivity contribution in [2.75, 3.05) is 11.9 Å². The number of benzene rings is 2. The zero-order valence-electron chi connectivity index (χ0n) is 11.0. The standard InChI is InChI=1S/C16H12F2N2O/c17-13-8-12(9-14(18)10-13)16(21)20-15-5-1-3-11(7-15)4-2-6-19/h1,3,5,7-10H,6,19H2,(H,20,21). The summed E-state index contributed by atoms with van der Waals surface area (Å²) >= 11 is 0. The monoisotopic (exact) mass is 286 g/mol. The minimum Gasteiger partial charge on any atom is -0.322 e. The van der Waals surface area contributed by atoms with Crippen LogP contribution in [0.3, 0.4) is 0 Å². The molecule has 0 saturated heterocycles. The Balaban J connectivity index is 2.19. The van der Waals surface area contributed by atoms with Gasteiger partial charge in [-0.15, -0.1) is 0 Å². The molecule has 21 heavy (non-hydrogen) atoms. The second-order valence-corrected chi connectivity index (χ2v) is 4.20. The third-order valence-corrected chi connectivity index (χ3v) is 2.58. The summed E-state index contributed by atoms with van der Waals surface area (Å²) in [6.45, 7) is 0.235. The number of hydrogen-bond acceptors (Lipinski definition) is 2. The number of anilines is 1. The molecule has 106 valence electrons. The highest BCUT2D eigenvalue weighted by molar-refractivity contribution is 6.04. The maximum Gasteiger partial charge on any atom is 0.255 e. The van der Waals surface area contributed by atoms with Crippen LogP contribution in [0, 0.1) is 23.5 Å². The summed E-state index contributed by atoms with van der Waals surface area (Å²) < 4.78 is 26.2. The fourth-order valence-corrected chi connectivity index (χ4v) is 1.72. The predicted octanol–water partition coefficient (Wildman–Crippen LogP) is 2.53. The van der Waals surface area contributed by atoms with Crippen LogP contribution in [0.4, 0.5) is 14.5 Å². The highest BCUT2D eigenvalue weighted by Gasteiger charge is 2.09. The number of carbonyl (C=O) groups is 1. The van der Waals surface area contributed by atoms with Crippen molar-refractivity contribution in [2.45, 2.75) is 0 Å². The van der Waals surface area contributed by atoms with Gasteiger partial charge in [0, 0.05) is 22.9 Å². The molecule has 0 unspecified atom stereocenters. The molecule has 0 atom stereocenters. The van der Waals surface area contributed by atoms with Crippen LogP contribution < -0.4 is 11.1 Å². The van der Waals surface area contributed by atoms with Crippen molar-refractivity contribution in [3.05, 3.63) is 65.2 Å². The Kier molecular flexibility index (Phi) is 4.64. The van der Waals surface area contributed by atoms with Crippen LogP contribution in [0.15, 0.2) is 42.5 Å². The molecule has 2 aromatic carbocycles. The van der Waals surface area contributed by atoms with E-state index in [1.54, 1.807) is 24.3 Å². The first-order valence-corrected chi connectivity index (χ1v) is 6.15. The second kappa shape index (κ2) is 6.64. The molecule has 0 heterocycles. The van der Waals surface area contributed by atoms with Gasteiger partial charge in [0.1, 0.15) is 11.6 Å². The van der Waals surface area contributed by atoms with E-state index in [4.69, 9.17) is 5.73 Å². The van der Waals surface area contributed by atoms with Crippen molar-refractivity contribution in [2.24, 2.45) is 5.73 Å². The average Bonchev–Trinajstić information content (AvgIpc) is 2.44. The van der Waals surface area contributed by atoms with E-state index in [1.165, 1.54) is 0 Å². The fraction of sp³-hybridized carbons (Fsp3) is 0.0625. The van der Waals surface area contributed by atoms with Crippen LogP contribution >= 0.6 is 0 Å². The molecular weight excluding hydrogens is 274 g/mol. The van der Waals surface area contributed by atoms with Crippen molar-refractivity contribution >= 4 is 11.6 Å². The number of nitrogens with one attached hydrogen (secondary N) is 1.